The number of aliphatic hydroxyl groups excluding tert-OH is 1. The first kappa shape index (κ1) is 14.0. The summed E-state index contributed by atoms with van der Waals surface area (Å²) in [6, 6.07) is 3.71. The molecule has 0 radical (unpaired) electrons. The number of halogens is 3. The van der Waals surface area contributed by atoms with E-state index in [2.05, 4.69) is 0 Å². The van der Waals surface area contributed by atoms with Crippen LogP contribution in [0.2, 0.25) is 5.02 Å². The molecule has 2 rings (SSSR count). The predicted octanol–water partition coefficient (Wildman–Crippen LogP) is 1.40. The molecular formula is C12H12ClF2NO3. The summed E-state index contributed by atoms with van der Waals surface area (Å²) in [6.45, 7) is -0.511. The molecule has 1 heterocycles. The van der Waals surface area contributed by atoms with E-state index in [9.17, 15) is 18.7 Å². The molecule has 104 valence electrons. The highest BCUT2D eigenvalue weighted by Crippen LogP contribution is 2.21. The number of β-amino-alcohol motifs (C(OH)–C–C–N with tert-alkyl or cyclic N) is 1. The van der Waals surface area contributed by atoms with Gasteiger partial charge in [0.15, 0.2) is 6.61 Å². The number of benzene rings is 1. The summed E-state index contributed by atoms with van der Waals surface area (Å²) < 4.78 is 31.1. The van der Waals surface area contributed by atoms with Crippen LogP contribution in [0.3, 0.4) is 0 Å². The van der Waals surface area contributed by atoms with Crippen LogP contribution in [0.5, 0.6) is 5.75 Å². The Morgan fingerprint density at radius 3 is 2.84 bits per heavy atom. The molecule has 1 aliphatic heterocycles. The van der Waals surface area contributed by atoms with Crippen LogP contribution < -0.4 is 4.74 Å². The van der Waals surface area contributed by atoms with E-state index in [4.69, 9.17) is 16.3 Å². The number of ether oxygens (including phenoxy) is 1. The van der Waals surface area contributed by atoms with Crippen molar-refractivity contribution in [3.05, 3.63) is 29.0 Å². The summed E-state index contributed by atoms with van der Waals surface area (Å²) in [4.78, 5) is 12.9. The Morgan fingerprint density at radius 1 is 1.53 bits per heavy atom. The van der Waals surface area contributed by atoms with E-state index < -0.39 is 24.0 Å². The van der Waals surface area contributed by atoms with Gasteiger partial charge in [-0.15, -0.1) is 0 Å². The van der Waals surface area contributed by atoms with Gasteiger partial charge in [0.05, 0.1) is 11.6 Å². The number of rotatable bonds is 3. The largest absolute Gasteiger partial charge is 0.484 e. The fraction of sp³-hybridized carbons (Fsp3) is 0.417. The average molecular weight is 292 g/mol. The van der Waals surface area contributed by atoms with Crippen molar-refractivity contribution in [2.45, 2.75) is 12.3 Å². The smallest absolute Gasteiger partial charge is 0.260 e. The van der Waals surface area contributed by atoms with Crippen molar-refractivity contribution in [1.29, 1.82) is 0 Å². The highest BCUT2D eigenvalue weighted by atomic mass is 35.5. The Labute approximate surface area is 113 Å². The van der Waals surface area contributed by atoms with E-state index in [1.165, 1.54) is 17.0 Å². The van der Waals surface area contributed by atoms with Gasteiger partial charge >= 0.3 is 0 Å². The predicted molar refractivity (Wildman–Crippen MR) is 64.4 cm³/mol. The van der Waals surface area contributed by atoms with Crippen LogP contribution in [0, 0.1) is 5.82 Å². The molecule has 1 aromatic rings. The molecule has 1 N–H and O–H groups in total. The molecule has 0 saturated carbocycles. The second kappa shape index (κ2) is 5.71. The van der Waals surface area contributed by atoms with Gasteiger partial charge in [0.2, 0.25) is 0 Å². The Bertz CT molecular complexity index is 476. The van der Waals surface area contributed by atoms with E-state index in [0.717, 1.165) is 6.07 Å². The van der Waals surface area contributed by atoms with Crippen LogP contribution in [0.1, 0.15) is 0 Å². The molecular weight excluding hydrogens is 280 g/mol. The molecule has 2 atom stereocenters. The summed E-state index contributed by atoms with van der Waals surface area (Å²) in [5, 5.41) is 9.09. The minimum absolute atomic E-state index is 0.0481. The van der Waals surface area contributed by atoms with Gasteiger partial charge in [-0.1, -0.05) is 11.6 Å². The molecule has 19 heavy (non-hydrogen) atoms. The number of aliphatic hydroxyl groups is 1. The molecule has 4 nitrogen and oxygen atoms in total. The quantitative estimate of drug-likeness (QED) is 0.916. The Balaban J connectivity index is 1.88. The Hall–Kier alpha value is -1.40. The van der Waals surface area contributed by atoms with Crippen LogP contribution in [0.15, 0.2) is 18.2 Å². The summed E-state index contributed by atoms with van der Waals surface area (Å²) in [5.74, 6) is -0.778. The van der Waals surface area contributed by atoms with Crippen molar-refractivity contribution in [3.63, 3.8) is 0 Å². The number of carbonyl (C=O) groups excluding carboxylic acids is 1. The van der Waals surface area contributed by atoms with Crippen molar-refractivity contribution in [2.75, 3.05) is 19.7 Å². The number of hydrogen-bond acceptors (Lipinski definition) is 3. The van der Waals surface area contributed by atoms with Gasteiger partial charge in [-0.2, -0.15) is 0 Å². The highest BCUT2D eigenvalue weighted by molar-refractivity contribution is 6.30. The molecule has 7 heteroatoms. The normalized spacial score (nSPS) is 22.6. The van der Waals surface area contributed by atoms with E-state index in [1.807, 2.05) is 0 Å². The lowest BCUT2D eigenvalue weighted by atomic mass is 10.3. The Kier molecular flexibility index (Phi) is 4.21. The van der Waals surface area contributed by atoms with Gasteiger partial charge in [0, 0.05) is 12.6 Å². The van der Waals surface area contributed by atoms with Gasteiger partial charge in [0.1, 0.15) is 23.8 Å². The molecule has 0 unspecified atom stereocenters. The molecule has 1 amide bonds. The zero-order valence-electron chi connectivity index (χ0n) is 9.85. The zero-order chi connectivity index (χ0) is 14.0. The van der Waals surface area contributed by atoms with Crippen LogP contribution in [0.25, 0.3) is 0 Å². The summed E-state index contributed by atoms with van der Waals surface area (Å²) in [7, 11) is 0. The van der Waals surface area contributed by atoms with Crippen molar-refractivity contribution < 1.29 is 23.4 Å². The van der Waals surface area contributed by atoms with Crippen LogP contribution in [0.4, 0.5) is 8.78 Å². The van der Waals surface area contributed by atoms with Gasteiger partial charge in [-0.05, 0) is 12.1 Å². The number of nitrogens with zero attached hydrogens (tertiary/aromatic N) is 1. The minimum atomic E-state index is -1.43. The molecule has 0 aromatic heterocycles. The maximum absolute atomic E-state index is 13.0. The molecule has 0 bridgehead atoms. The number of alkyl halides is 1. The topological polar surface area (TPSA) is 49.8 Å². The second-order valence-electron chi connectivity index (χ2n) is 4.25. The fourth-order valence-electron chi connectivity index (χ4n) is 1.75. The number of carbonyl (C=O) groups is 1. The van der Waals surface area contributed by atoms with Crippen LogP contribution in [-0.4, -0.2) is 47.9 Å². The molecule has 1 fully saturated rings. The first-order valence-corrected chi connectivity index (χ1v) is 6.03. The number of hydrogen-bond donors (Lipinski definition) is 1. The lowest BCUT2D eigenvalue weighted by molar-refractivity contribution is -0.132. The fourth-order valence-corrected chi connectivity index (χ4v) is 1.92. The van der Waals surface area contributed by atoms with E-state index in [0.29, 0.717) is 0 Å². The maximum Gasteiger partial charge on any atom is 0.260 e. The number of likely N-dealkylation sites (tertiary alicyclic amines) is 1. The molecule has 0 spiro atoms. The van der Waals surface area contributed by atoms with E-state index in [1.54, 1.807) is 0 Å². The molecule has 0 aliphatic carbocycles. The average Bonchev–Trinajstić information content (AvgIpc) is 2.71. The number of amides is 1. The maximum atomic E-state index is 13.0. The molecule has 1 aromatic carbocycles. The highest BCUT2D eigenvalue weighted by Gasteiger charge is 2.33. The second-order valence-corrected chi connectivity index (χ2v) is 4.65. The SMILES string of the molecule is O=C(COc1ccc(F)c(Cl)c1)N1C[C@@H](O)[C@H](F)C1. The summed E-state index contributed by atoms with van der Waals surface area (Å²) in [5.41, 5.74) is 0. The van der Waals surface area contributed by atoms with Crippen LogP contribution in [-0.2, 0) is 4.79 Å². The third kappa shape index (κ3) is 3.33. The van der Waals surface area contributed by atoms with Crippen LogP contribution >= 0.6 is 11.6 Å². The lowest BCUT2D eigenvalue weighted by Crippen LogP contribution is -2.33. The van der Waals surface area contributed by atoms with Gasteiger partial charge in [-0.3, -0.25) is 4.79 Å². The van der Waals surface area contributed by atoms with Gasteiger partial charge < -0.3 is 14.7 Å². The summed E-state index contributed by atoms with van der Waals surface area (Å²) in [6.07, 6.45) is -2.58. The Morgan fingerprint density at radius 2 is 2.26 bits per heavy atom. The third-order valence-electron chi connectivity index (χ3n) is 2.83. The van der Waals surface area contributed by atoms with Gasteiger partial charge in [-0.25, -0.2) is 8.78 Å². The summed E-state index contributed by atoms with van der Waals surface area (Å²) >= 11 is 5.56. The molecule has 1 aliphatic rings. The van der Waals surface area contributed by atoms with Gasteiger partial charge in [0.25, 0.3) is 5.91 Å². The minimum Gasteiger partial charge on any atom is -0.484 e. The first-order chi connectivity index (χ1) is 8.97. The van der Waals surface area contributed by atoms with E-state index >= 15 is 0 Å². The van der Waals surface area contributed by atoms with Crippen molar-refractivity contribution in [3.8, 4) is 5.75 Å². The lowest BCUT2D eigenvalue weighted by Gasteiger charge is -2.15. The monoisotopic (exact) mass is 291 g/mol. The standard InChI is InChI=1S/C12H12ClF2NO3/c13-8-3-7(1-2-9(8)14)19-6-12(18)16-4-10(15)11(17)5-16/h1-3,10-11,17H,4-6H2/t10-,11-/m1/s1. The zero-order valence-corrected chi connectivity index (χ0v) is 10.6. The van der Waals surface area contributed by atoms with Crippen molar-refractivity contribution >= 4 is 17.5 Å². The third-order valence-corrected chi connectivity index (χ3v) is 3.12. The van der Waals surface area contributed by atoms with Crippen molar-refractivity contribution in [1.82, 2.24) is 4.90 Å². The van der Waals surface area contributed by atoms with Crippen molar-refractivity contribution in [2.24, 2.45) is 0 Å². The first-order valence-electron chi connectivity index (χ1n) is 5.65. The van der Waals surface area contributed by atoms with E-state index in [-0.39, 0.29) is 30.5 Å². The molecule has 1 saturated heterocycles.